The van der Waals surface area contributed by atoms with E-state index in [2.05, 4.69) is 10.7 Å². The summed E-state index contributed by atoms with van der Waals surface area (Å²) in [6, 6.07) is 0. The van der Waals surface area contributed by atoms with Crippen molar-refractivity contribution in [3.05, 3.63) is 12.2 Å². The van der Waals surface area contributed by atoms with E-state index in [0.29, 0.717) is 12.2 Å². The van der Waals surface area contributed by atoms with Crippen LogP contribution in [0.4, 0.5) is 0 Å². The van der Waals surface area contributed by atoms with Crippen molar-refractivity contribution in [2.24, 2.45) is 5.90 Å². The zero-order chi connectivity index (χ0) is 7.28. The van der Waals surface area contributed by atoms with Gasteiger partial charge in [0.1, 0.15) is 0 Å². The Balaban J connectivity index is 3.71. The first-order chi connectivity index (χ1) is 4.16. The van der Waals surface area contributed by atoms with E-state index >= 15 is 0 Å². The fourth-order valence-electron chi connectivity index (χ4n) is 0.179. The minimum Gasteiger partial charge on any atom is -0.478 e. The van der Waals surface area contributed by atoms with E-state index in [-0.39, 0.29) is 0 Å². The molecule has 0 radical (unpaired) electrons. The maximum Gasteiger partial charge on any atom is 0.349 e. The molecule has 0 unspecified atom stereocenters. The average Bonchev–Trinajstić information content (AvgIpc) is 1.83. The zero-order valence-corrected chi connectivity index (χ0v) is 4.40. The molecule has 0 saturated carbocycles. The third kappa shape index (κ3) is 4.49. The monoisotopic (exact) mass is 131 g/mol. The maximum absolute atomic E-state index is 10.0. The summed E-state index contributed by atoms with van der Waals surface area (Å²) in [5.74, 6) is 2.25. The van der Waals surface area contributed by atoms with Gasteiger partial charge in [0.25, 0.3) is 0 Å². The van der Waals surface area contributed by atoms with Crippen LogP contribution in [0.5, 0.6) is 0 Å². The van der Waals surface area contributed by atoms with Gasteiger partial charge in [0.05, 0.1) is 0 Å². The molecule has 0 aliphatic carbocycles. The number of nitrogens with two attached hydrogens (primary N) is 1. The second-order valence-corrected chi connectivity index (χ2v) is 1.11. The molecule has 0 atom stereocenters. The van der Waals surface area contributed by atoms with Gasteiger partial charge in [0.2, 0.25) is 0 Å². The lowest BCUT2D eigenvalue weighted by Crippen LogP contribution is -2.06. The van der Waals surface area contributed by atoms with E-state index < -0.39 is 11.9 Å². The lowest BCUT2D eigenvalue weighted by molar-refractivity contribution is -0.139. The quantitative estimate of drug-likeness (QED) is 0.372. The van der Waals surface area contributed by atoms with Crippen molar-refractivity contribution >= 4 is 11.9 Å². The highest BCUT2D eigenvalue weighted by Gasteiger charge is 1.92. The number of carboxylic acids is 1. The van der Waals surface area contributed by atoms with Gasteiger partial charge in [-0.05, 0) is 0 Å². The Bertz CT molecular complexity index is 151. The normalized spacial score (nSPS) is 9.44. The lowest BCUT2D eigenvalue weighted by atomic mass is 10.5. The summed E-state index contributed by atoms with van der Waals surface area (Å²) >= 11 is 0. The number of carboxylic acid groups (broad SMARTS) is 1. The molecule has 0 fully saturated rings. The molecular formula is C4H5NO4. The standard InChI is InChI=1S/C4H5NO4/c5-9-4(8)2-1-3(6)7/h1-2H,5H2,(H,6,7)/b2-1-. The lowest BCUT2D eigenvalue weighted by Gasteiger charge is -1.84. The molecule has 0 rings (SSSR count). The van der Waals surface area contributed by atoms with Crippen molar-refractivity contribution in [3.63, 3.8) is 0 Å². The Kier molecular flexibility index (Phi) is 3.07. The van der Waals surface area contributed by atoms with Gasteiger partial charge in [-0.1, -0.05) is 0 Å². The van der Waals surface area contributed by atoms with Crippen LogP contribution in [-0.2, 0) is 14.4 Å². The van der Waals surface area contributed by atoms with Crippen LogP contribution >= 0.6 is 0 Å². The van der Waals surface area contributed by atoms with Gasteiger partial charge in [-0.15, -0.1) is 0 Å². The average molecular weight is 131 g/mol. The van der Waals surface area contributed by atoms with Gasteiger partial charge in [-0.25, -0.2) is 9.59 Å². The number of carbonyl (C=O) groups excluding carboxylic acids is 1. The van der Waals surface area contributed by atoms with Gasteiger partial charge in [-0.2, -0.15) is 5.90 Å². The number of hydrogen-bond acceptors (Lipinski definition) is 4. The molecule has 5 nitrogen and oxygen atoms in total. The summed E-state index contributed by atoms with van der Waals surface area (Å²) in [4.78, 5) is 23.3. The van der Waals surface area contributed by atoms with Crippen molar-refractivity contribution in [1.29, 1.82) is 0 Å². The summed E-state index contributed by atoms with van der Waals surface area (Å²) < 4.78 is 0. The van der Waals surface area contributed by atoms with Gasteiger partial charge >= 0.3 is 11.9 Å². The molecule has 0 aliphatic heterocycles. The fourth-order valence-corrected chi connectivity index (χ4v) is 0.179. The van der Waals surface area contributed by atoms with Crippen molar-refractivity contribution in [3.8, 4) is 0 Å². The molecule has 9 heavy (non-hydrogen) atoms. The third-order valence-corrected chi connectivity index (χ3v) is 0.478. The van der Waals surface area contributed by atoms with Crippen LogP contribution in [0.15, 0.2) is 12.2 Å². The van der Waals surface area contributed by atoms with Crippen molar-refractivity contribution in [2.75, 3.05) is 0 Å². The molecule has 0 spiro atoms. The van der Waals surface area contributed by atoms with E-state index in [4.69, 9.17) is 5.11 Å². The van der Waals surface area contributed by atoms with Crippen LogP contribution < -0.4 is 5.90 Å². The first-order valence-corrected chi connectivity index (χ1v) is 1.98. The van der Waals surface area contributed by atoms with Crippen molar-refractivity contribution < 1.29 is 19.5 Å². The summed E-state index contributed by atoms with van der Waals surface area (Å²) in [6.07, 6.45) is 1.34. The molecule has 0 bridgehead atoms. The molecule has 0 aromatic heterocycles. The second kappa shape index (κ2) is 3.62. The first kappa shape index (κ1) is 7.64. The number of rotatable bonds is 2. The largest absolute Gasteiger partial charge is 0.478 e. The van der Waals surface area contributed by atoms with E-state index in [0.717, 1.165) is 0 Å². The van der Waals surface area contributed by atoms with Crippen LogP contribution in [0.1, 0.15) is 0 Å². The van der Waals surface area contributed by atoms with Gasteiger partial charge < -0.3 is 9.94 Å². The first-order valence-electron chi connectivity index (χ1n) is 1.98. The van der Waals surface area contributed by atoms with E-state index in [1.54, 1.807) is 0 Å². The molecule has 0 aromatic rings. The van der Waals surface area contributed by atoms with Crippen LogP contribution in [0.2, 0.25) is 0 Å². The molecule has 0 amide bonds. The predicted molar refractivity (Wildman–Crippen MR) is 27.1 cm³/mol. The van der Waals surface area contributed by atoms with Crippen LogP contribution in [0.25, 0.3) is 0 Å². The SMILES string of the molecule is NOC(=O)/C=C\C(=O)O. The minimum atomic E-state index is -1.22. The summed E-state index contributed by atoms with van der Waals surface area (Å²) in [5, 5.41) is 7.92. The van der Waals surface area contributed by atoms with Gasteiger partial charge in [0.15, 0.2) is 0 Å². The molecule has 0 saturated heterocycles. The number of carbonyl (C=O) groups is 2. The van der Waals surface area contributed by atoms with E-state index in [1.807, 2.05) is 0 Å². The molecule has 50 valence electrons. The highest BCUT2D eigenvalue weighted by atomic mass is 16.7. The summed E-state index contributed by atoms with van der Waals surface area (Å²) in [5.41, 5.74) is 0. The van der Waals surface area contributed by atoms with Crippen LogP contribution in [0, 0.1) is 0 Å². The Morgan fingerprint density at radius 2 is 2.00 bits per heavy atom. The van der Waals surface area contributed by atoms with Crippen molar-refractivity contribution in [1.82, 2.24) is 0 Å². The molecule has 0 heterocycles. The summed E-state index contributed by atoms with van der Waals surface area (Å²) in [7, 11) is 0. The highest BCUT2D eigenvalue weighted by Crippen LogP contribution is 1.74. The third-order valence-electron chi connectivity index (χ3n) is 0.478. The highest BCUT2D eigenvalue weighted by molar-refractivity contribution is 5.90. The molecule has 3 N–H and O–H groups in total. The Morgan fingerprint density at radius 1 is 1.44 bits per heavy atom. The number of hydrogen-bond donors (Lipinski definition) is 2. The van der Waals surface area contributed by atoms with Crippen LogP contribution in [0.3, 0.4) is 0 Å². The van der Waals surface area contributed by atoms with Gasteiger partial charge in [0, 0.05) is 12.2 Å². The van der Waals surface area contributed by atoms with E-state index in [1.165, 1.54) is 0 Å². The molecule has 0 aliphatic rings. The molecule has 5 heteroatoms. The second-order valence-electron chi connectivity index (χ2n) is 1.11. The Hall–Kier alpha value is -1.36. The topological polar surface area (TPSA) is 89.6 Å². The molecular weight excluding hydrogens is 126 g/mol. The minimum absolute atomic E-state index is 0.634. The smallest absolute Gasteiger partial charge is 0.349 e. The number of aliphatic carboxylic acids is 1. The van der Waals surface area contributed by atoms with Gasteiger partial charge in [-0.3, -0.25) is 0 Å². The Morgan fingerprint density at radius 3 is 2.33 bits per heavy atom. The Labute approximate surface area is 50.7 Å². The fraction of sp³-hybridized carbons (Fsp3) is 0. The van der Waals surface area contributed by atoms with Crippen LogP contribution in [-0.4, -0.2) is 17.0 Å². The zero-order valence-electron chi connectivity index (χ0n) is 4.40. The van der Waals surface area contributed by atoms with Crippen molar-refractivity contribution in [2.45, 2.75) is 0 Å². The summed E-state index contributed by atoms with van der Waals surface area (Å²) in [6.45, 7) is 0. The molecule has 0 aromatic carbocycles. The van der Waals surface area contributed by atoms with E-state index in [9.17, 15) is 9.59 Å². The predicted octanol–water partition coefficient (Wildman–Crippen LogP) is -0.956. The maximum atomic E-state index is 10.0.